The Morgan fingerprint density at radius 3 is 2.88 bits per heavy atom. The zero-order valence-electron chi connectivity index (χ0n) is 19.4. The van der Waals surface area contributed by atoms with E-state index in [4.69, 9.17) is 14.5 Å². The third-order valence-electron chi connectivity index (χ3n) is 5.41. The first-order chi connectivity index (χ1) is 16.2. The van der Waals surface area contributed by atoms with Crippen molar-refractivity contribution in [3.63, 3.8) is 0 Å². The number of anilines is 1. The number of carbonyl (C=O) groups is 1. The van der Waals surface area contributed by atoms with Gasteiger partial charge in [0.1, 0.15) is 17.5 Å². The Morgan fingerprint density at radius 1 is 1.29 bits per heavy atom. The smallest absolute Gasteiger partial charge is 0.410 e. The largest absolute Gasteiger partial charge is 0.471 e. The minimum Gasteiger partial charge on any atom is -0.471 e. The van der Waals surface area contributed by atoms with E-state index in [2.05, 4.69) is 20.4 Å². The molecule has 4 heterocycles. The van der Waals surface area contributed by atoms with Crippen LogP contribution in [0.5, 0.6) is 0 Å². The number of rotatable bonds is 6. The molecule has 0 spiro atoms. The number of hydrazone groups is 1. The van der Waals surface area contributed by atoms with Gasteiger partial charge in [-0.05, 0) is 33.6 Å². The number of hydrogen-bond acceptors (Lipinski definition) is 9. The van der Waals surface area contributed by atoms with E-state index in [0.29, 0.717) is 24.6 Å². The average Bonchev–Trinajstić information content (AvgIpc) is 3.20. The fourth-order valence-electron chi connectivity index (χ4n) is 3.94. The zero-order valence-corrected chi connectivity index (χ0v) is 19.4. The molecule has 0 saturated carbocycles. The number of aliphatic imine (C=N–C) groups is 1. The van der Waals surface area contributed by atoms with Crippen LogP contribution in [0.2, 0.25) is 0 Å². The van der Waals surface area contributed by atoms with Crippen LogP contribution in [0.4, 0.5) is 19.4 Å². The van der Waals surface area contributed by atoms with Gasteiger partial charge in [0.15, 0.2) is 6.61 Å². The molecule has 1 saturated heterocycles. The van der Waals surface area contributed by atoms with E-state index in [1.54, 1.807) is 34.7 Å². The van der Waals surface area contributed by atoms with Crippen molar-refractivity contribution in [1.29, 1.82) is 0 Å². The number of piperidine rings is 1. The van der Waals surface area contributed by atoms with Gasteiger partial charge >= 0.3 is 6.09 Å². The third kappa shape index (κ3) is 5.97. The van der Waals surface area contributed by atoms with Gasteiger partial charge in [-0.15, -0.1) is 0 Å². The van der Waals surface area contributed by atoms with Crippen LogP contribution in [0.25, 0.3) is 0 Å². The molecule has 2 unspecified atom stereocenters. The van der Waals surface area contributed by atoms with Crippen LogP contribution in [-0.2, 0) is 9.47 Å². The number of amides is 1. The Kier molecular flexibility index (Phi) is 6.94. The minimum absolute atomic E-state index is 0.0216. The molecular weight excluding hydrogens is 448 g/mol. The summed E-state index contributed by atoms with van der Waals surface area (Å²) in [5.41, 5.74) is 0.152. The van der Waals surface area contributed by atoms with E-state index < -0.39 is 18.6 Å². The van der Waals surface area contributed by atoms with Gasteiger partial charge in [-0.2, -0.15) is 5.10 Å². The molecule has 0 aliphatic carbocycles. The van der Waals surface area contributed by atoms with Crippen molar-refractivity contribution in [2.45, 2.75) is 63.6 Å². The van der Waals surface area contributed by atoms with Crippen LogP contribution in [0.1, 0.15) is 45.2 Å². The molecule has 0 aromatic carbocycles. The molecule has 1 aromatic heterocycles. The average molecular weight is 478 g/mol. The van der Waals surface area contributed by atoms with Crippen LogP contribution in [0.3, 0.4) is 0 Å². The molecular formula is C22H29F2N7O3. The highest BCUT2D eigenvalue weighted by molar-refractivity contribution is 5.82. The lowest BCUT2D eigenvalue weighted by atomic mass is 9.99. The summed E-state index contributed by atoms with van der Waals surface area (Å²) in [6, 6.07) is -0.228. The van der Waals surface area contributed by atoms with Gasteiger partial charge in [0.25, 0.3) is 6.43 Å². The van der Waals surface area contributed by atoms with Gasteiger partial charge < -0.3 is 19.7 Å². The molecule has 1 aromatic rings. The van der Waals surface area contributed by atoms with Crippen molar-refractivity contribution in [2.24, 2.45) is 10.1 Å². The number of likely N-dealkylation sites (tertiary alicyclic amines) is 1. The van der Waals surface area contributed by atoms with Crippen LogP contribution < -0.4 is 5.32 Å². The minimum atomic E-state index is -2.57. The number of aromatic nitrogens is 2. The standard InChI is InChI=1S/C22H29F2N7O3/c1-22(2,3)34-21(32)30-6-4-5-14(11-30)28-19-10-25-8-16(29-19)15-7-27-31-12-20(26-9-17(15)31)33-13-18(23)24/h7-10,12,14-15,17-18H,4-6,11,13H2,1-3H3,(H,28,29)/t14-,15?,17?/m1/s1. The van der Waals surface area contributed by atoms with Crippen LogP contribution in [0.15, 0.2) is 34.6 Å². The summed E-state index contributed by atoms with van der Waals surface area (Å²) in [7, 11) is 0. The lowest BCUT2D eigenvalue weighted by Crippen LogP contribution is -2.47. The monoisotopic (exact) mass is 477 g/mol. The summed E-state index contributed by atoms with van der Waals surface area (Å²) in [5.74, 6) is 0.475. The summed E-state index contributed by atoms with van der Waals surface area (Å²) in [4.78, 5) is 27.3. The molecule has 3 aliphatic heterocycles. The molecule has 1 N–H and O–H groups in total. The van der Waals surface area contributed by atoms with E-state index in [0.717, 1.165) is 12.8 Å². The second-order valence-electron chi connectivity index (χ2n) is 9.35. The number of nitrogens with zero attached hydrogens (tertiary/aromatic N) is 6. The van der Waals surface area contributed by atoms with Gasteiger partial charge in [-0.3, -0.25) is 9.99 Å². The van der Waals surface area contributed by atoms with Crippen molar-refractivity contribution in [2.75, 3.05) is 25.0 Å². The third-order valence-corrected chi connectivity index (χ3v) is 5.41. The van der Waals surface area contributed by atoms with E-state index in [1.807, 2.05) is 20.8 Å². The zero-order chi connectivity index (χ0) is 24.3. The van der Waals surface area contributed by atoms with Crippen molar-refractivity contribution in [3.05, 3.63) is 30.2 Å². The number of nitrogens with one attached hydrogen (secondary N) is 1. The molecule has 3 aliphatic rings. The summed E-state index contributed by atoms with van der Waals surface area (Å²) in [5, 5.41) is 9.32. The molecule has 4 rings (SSSR count). The highest BCUT2D eigenvalue weighted by atomic mass is 19.3. The van der Waals surface area contributed by atoms with Crippen molar-refractivity contribution < 1.29 is 23.0 Å². The number of alkyl halides is 2. The highest BCUT2D eigenvalue weighted by Crippen LogP contribution is 2.29. The molecule has 12 heteroatoms. The highest BCUT2D eigenvalue weighted by Gasteiger charge is 2.34. The summed E-state index contributed by atoms with van der Waals surface area (Å²) < 4.78 is 35.2. The Labute approximate surface area is 196 Å². The maximum absolute atomic E-state index is 12.4. The van der Waals surface area contributed by atoms with Crippen molar-refractivity contribution in [3.8, 4) is 0 Å². The fourth-order valence-corrected chi connectivity index (χ4v) is 3.94. The number of hydrogen-bond donors (Lipinski definition) is 1. The number of halogens is 2. The first kappa shape index (κ1) is 23.8. The Hall–Kier alpha value is -3.31. The molecule has 3 atom stereocenters. The first-order valence-electron chi connectivity index (χ1n) is 11.2. The number of carbonyl (C=O) groups excluding carboxylic acids is 1. The lowest BCUT2D eigenvalue weighted by Gasteiger charge is -2.34. The Bertz CT molecular complexity index is 979. The van der Waals surface area contributed by atoms with Gasteiger partial charge in [0.2, 0.25) is 5.88 Å². The van der Waals surface area contributed by atoms with Crippen LogP contribution in [-0.4, -0.2) is 82.2 Å². The van der Waals surface area contributed by atoms with Gasteiger partial charge in [-0.25, -0.2) is 23.6 Å². The predicted molar refractivity (Wildman–Crippen MR) is 122 cm³/mol. The number of fused-ring (bicyclic) bond motifs is 1. The Morgan fingerprint density at radius 2 is 2.12 bits per heavy atom. The normalized spacial score (nSPS) is 24.2. The lowest BCUT2D eigenvalue weighted by molar-refractivity contribution is 0.0206. The van der Waals surface area contributed by atoms with E-state index in [9.17, 15) is 13.6 Å². The van der Waals surface area contributed by atoms with Crippen molar-refractivity contribution >= 4 is 24.3 Å². The summed E-state index contributed by atoms with van der Waals surface area (Å²) in [6.45, 7) is 6.00. The predicted octanol–water partition coefficient (Wildman–Crippen LogP) is 3.21. The van der Waals surface area contributed by atoms with E-state index in [1.165, 1.54) is 6.20 Å². The fraction of sp³-hybridized carbons (Fsp3) is 0.591. The van der Waals surface area contributed by atoms with Gasteiger partial charge in [-0.1, -0.05) is 0 Å². The van der Waals surface area contributed by atoms with Gasteiger partial charge in [0.05, 0.1) is 24.0 Å². The second-order valence-corrected chi connectivity index (χ2v) is 9.35. The Balaban J connectivity index is 1.37. The van der Waals surface area contributed by atoms with Crippen molar-refractivity contribution in [1.82, 2.24) is 19.9 Å². The molecule has 1 amide bonds. The SMILES string of the molecule is CC(C)(C)OC(=O)N1CCC[C@@H](Nc2cncc(C3C=NN4C=C(OCC(F)F)N=CC34)n2)C1. The van der Waals surface area contributed by atoms with E-state index >= 15 is 0 Å². The molecule has 184 valence electrons. The molecule has 0 radical (unpaired) electrons. The van der Waals surface area contributed by atoms with Crippen LogP contribution in [0, 0.1) is 0 Å². The molecule has 34 heavy (non-hydrogen) atoms. The van der Waals surface area contributed by atoms with Crippen LogP contribution >= 0.6 is 0 Å². The summed E-state index contributed by atoms with van der Waals surface area (Å²) >= 11 is 0. The quantitative estimate of drug-likeness (QED) is 0.671. The topological polar surface area (TPSA) is 105 Å². The molecule has 1 fully saturated rings. The summed E-state index contributed by atoms with van der Waals surface area (Å²) in [6.07, 6.45) is 7.00. The maximum atomic E-state index is 12.4. The number of ether oxygens (including phenoxy) is 2. The molecule has 0 bridgehead atoms. The van der Waals surface area contributed by atoms with E-state index in [-0.39, 0.29) is 30.0 Å². The molecule has 10 nitrogen and oxygen atoms in total. The second kappa shape index (κ2) is 9.90. The maximum Gasteiger partial charge on any atom is 0.410 e. The van der Waals surface area contributed by atoms with Gasteiger partial charge in [0, 0.05) is 37.8 Å². The first-order valence-corrected chi connectivity index (χ1v) is 11.2.